The van der Waals surface area contributed by atoms with E-state index in [4.69, 9.17) is 15.2 Å². The van der Waals surface area contributed by atoms with Crippen LogP contribution in [0.2, 0.25) is 0 Å². The first-order valence-corrected chi connectivity index (χ1v) is 10.4. The molecule has 0 spiro atoms. The van der Waals surface area contributed by atoms with Crippen LogP contribution in [0.5, 0.6) is 11.5 Å². The molecule has 0 aromatic heterocycles. The number of nitrogens with two attached hydrogens (primary N) is 1. The van der Waals surface area contributed by atoms with E-state index in [0.717, 1.165) is 61.7 Å². The highest BCUT2D eigenvalue weighted by atomic mass is 16.5. The van der Waals surface area contributed by atoms with Gasteiger partial charge in [-0.15, -0.1) is 0 Å². The first-order valence-electron chi connectivity index (χ1n) is 10.4. The number of methoxy groups -OCH3 is 2. The Hall–Kier alpha value is -2.25. The monoisotopic (exact) mass is 401 g/mol. The van der Waals surface area contributed by atoms with Crippen molar-refractivity contribution in [1.29, 1.82) is 0 Å². The van der Waals surface area contributed by atoms with Gasteiger partial charge >= 0.3 is 0 Å². The summed E-state index contributed by atoms with van der Waals surface area (Å²) in [6.07, 6.45) is 8.29. The first kappa shape index (κ1) is 21.5. The zero-order chi connectivity index (χ0) is 20.9. The molecule has 0 radical (unpaired) electrons. The van der Waals surface area contributed by atoms with Crippen molar-refractivity contribution in [1.82, 2.24) is 15.5 Å². The van der Waals surface area contributed by atoms with Crippen LogP contribution < -0.4 is 25.8 Å². The van der Waals surface area contributed by atoms with E-state index in [0.29, 0.717) is 11.8 Å². The minimum absolute atomic E-state index is 0.348. The zero-order valence-electron chi connectivity index (χ0n) is 18.1. The van der Waals surface area contributed by atoms with Gasteiger partial charge in [0.2, 0.25) is 0 Å². The molecule has 1 fully saturated rings. The summed E-state index contributed by atoms with van der Waals surface area (Å²) in [5.41, 5.74) is 7.77. The van der Waals surface area contributed by atoms with Crippen LogP contribution in [0.15, 0.2) is 35.1 Å². The molecule has 1 unspecified atom stereocenters. The third-order valence-electron chi connectivity index (χ3n) is 6.04. The maximum atomic E-state index is 6.62. The molecule has 29 heavy (non-hydrogen) atoms. The summed E-state index contributed by atoms with van der Waals surface area (Å²) in [4.78, 5) is 6.61. The van der Waals surface area contributed by atoms with Crippen LogP contribution in [0.25, 0.3) is 0 Å². The topological polar surface area (TPSA) is 84.1 Å². The highest BCUT2D eigenvalue weighted by Crippen LogP contribution is 2.35. The molecule has 7 nitrogen and oxygen atoms in total. The van der Waals surface area contributed by atoms with Crippen molar-refractivity contribution >= 4 is 6.21 Å². The molecule has 1 atom stereocenters. The van der Waals surface area contributed by atoms with Crippen LogP contribution in [0, 0.1) is 11.8 Å². The number of allylic oxidation sites excluding steroid dienone is 1. The van der Waals surface area contributed by atoms with E-state index in [2.05, 4.69) is 21.7 Å². The van der Waals surface area contributed by atoms with Gasteiger partial charge in [0.1, 0.15) is 17.3 Å². The fourth-order valence-corrected chi connectivity index (χ4v) is 4.19. The molecule has 1 aliphatic heterocycles. The summed E-state index contributed by atoms with van der Waals surface area (Å²) < 4.78 is 10.8. The lowest BCUT2D eigenvalue weighted by Gasteiger charge is -2.42. The minimum atomic E-state index is -0.691. The van der Waals surface area contributed by atoms with E-state index in [1.807, 2.05) is 43.4 Å². The smallest absolute Gasteiger partial charge is 0.186 e. The lowest BCUT2D eigenvalue weighted by Crippen LogP contribution is -2.60. The highest BCUT2D eigenvalue weighted by Gasteiger charge is 2.38. The normalized spacial score (nSPS) is 26.4. The number of hydrogen-bond donors (Lipinski definition) is 3. The maximum absolute atomic E-state index is 6.62. The molecule has 1 aliphatic carbocycles. The van der Waals surface area contributed by atoms with Gasteiger partial charge in [0, 0.05) is 44.4 Å². The van der Waals surface area contributed by atoms with Gasteiger partial charge < -0.3 is 25.0 Å². The molecule has 0 bridgehead atoms. The summed E-state index contributed by atoms with van der Waals surface area (Å²) in [6.45, 7) is 1.79. The van der Waals surface area contributed by atoms with E-state index in [1.165, 1.54) is 0 Å². The molecule has 4 N–H and O–H groups in total. The van der Waals surface area contributed by atoms with Crippen molar-refractivity contribution in [2.75, 3.05) is 34.9 Å². The van der Waals surface area contributed by atoms with Crippen LogP contribution in [-0.2, 0) is 6.54 Å². The molecule has 0 amide bonds. The molecule has 1 saturated carbocycles. The second-order valence-corrected chi connectivity index (χ2v) is 8.20. The Balaban J connectivity index is 1.46. The predicted molar refractivity (Wildman–Crippen MR) is 117 cm³/mol. The van der Waals surface area contributed by atoms with Crippen molar-refractivity contribution in [2.24, 2.45) is 22.6 Å². The molecule has 2 aliphatic rings. The Morgan fingerprint density at radius 3 is 2.62 bits per heavy atom. The van der Waals surface area contributed by atoms with E-state index < -0.39 is 5.79 Å². The van der Waals surface area contributed by atoms with E-state index >= 15 is 0 Å². The standard InChI is InChI=1S/C22H35N5O2/c1-27(2)21-11-12-25-22(23,26-21)18-8-5-16(6-9-18)14-24-15-17-7-10-19(28-3)13-20(17)29-4/h7,10-13,16,18,24,26H,5-6,8-9,14-15,23H2,1-4H3. The average molecular weight is 402 g/mol. The van der Waals surface area contributed by atoms with Gasteiger partial charge in [-0.05, 0) is 50.3 Å². The average Bonchev–Trinajstić information content (AvgIpc) is 2.74. The number of rotatable bonds is 8. The zero-order valence-corrected chi connectivity index (χ0v) is 18.1. The van der Waals surface area contributed by atoms with Crippen molar-refractivity contribution in [3.8, 4) is 11.5 Å². The Labute approximate surface area is 174 Å². The fraction of sp³-hybridized carbons (Fsp3) is 0.591. The molecule has 1 aromatic rings. The van der Waals surface area contributed by atoms with Crippen LogP contribution in [-0.4, -0.2) is 51.8 Å². The van der Waals surface area contributed by atoms with E-state index in [9.17, 15) is 0 Å². The SMILES string of the molecule is COc1ccc(CNCC2CCC(C3(N)N=CC=C(N(C)C)N3)CC2)c(OC)c1. The Morgan fingerprint density at radius 1 is 1.21 bits per heavy atom. The Morgan fingerprint density at radius 2 is 1.97 bits per heavy atom. The number of nitrogens with zero attached hydrogens (tertiary/aromatic N) is 2. The first-order chi connectivity index (χ1) is 13.9. The summed E-state index contributed by atoms with van der Waals surface area (Å²) in [5, 5.41) is 7.02. The van der Waals surface area contributed by atoms with E-state index in [-0.39, 0.29) is 0 Å². The molecule has 7 heteroatoms. The van der Waals surface area contributed by atoms with Crippen molar-refractivity contribution in [2.45, 2.75) is 38.0 Å². The van der Waals surface area contributed by atoms with Gasteiger partial charge in [-0.2, -0.15) is 0 Å². The number of hydrogen-bond acceptors (Lipinski definition) is 7. The summed E-state index contributed by atoms with van der Waals surface area (Å²) in [6, 6.07) is 5.96. The third-order valence-corrected chi connectivity index (χ3v) is 6.04. The molecule has 0 saturated heterocycles. The van der Waals surface area contributed by atoms with Gasteiger partial charge in [-0.1, -0.05) is 6.07 Å². The Bertz CT molecular complexity index is 741. The maximum Gasteiger partial charge on any atom is 0.186 e. The molecule has 1 aromatic carbocycles. The second-order valence-electron chi connectivity index (χ2n) is 8.20. The van der Waals surface area contributed by atoms with Crippen molar-refractivity contribution < 1.29 is 9.47 Å². The Kier molecular flexibility index (Phi) is 7.03. The molecular formula is C22H35N5O2. The van der Waals surface area contributed by atoms with Crippen molar-refractivity contribution in [3.63, 3.8) is 0 Å². The van der Waals surface area contributed by atoms with Gasteiger partial charge in [-0.3, -0.25) is 10.7 Å². The van der Waals surface area contributed by atoms with Crippen LogP contribution in [0.4, 0.5) is 0 Å². The molecular weight excluding hydrogens is 366 g/mol. The number of benzene rings is 1. The van der Waals surface area contributed by atoms with Crippen LogP contribution in [0.1, 0.15) is 31.2 Å². The van der Waals surface area contributed by atoms with Crippen LogP contribution >= 0.6 is 0 Å². The number of nitrogens with one attached hydrogen (secondary N) is 2. The summed E-state index contributed by atoms with van der Waals surface area (Å²) >= 11 is 0. The minimum Gasteiger partial charge on any atom is -0.497 e. The second kappa shape index (κ2) is 9.50. The number of ether oxygens (including phenoxy) is 2. The largest absolute Gasteiger partial charge is 0.497 e. The van der Waals surface area contributed by atoms with Gasteiger partial charge in [-0.25, -0.2) is 0 Å². The van der Waals surface area contributed by atoms with E-state index in [1.54, 1.807) is 14.2 Å². The van der Waals surface area contributed by atoms with Gasteiger partial charge in [0.15, 0.2) is 5.79 Å². The lowest BCUT2D eigenvalue weighted by molar-refractivity contribution is 0.146. The third kappa shape index (κ3) is 5.22. The molecule has 160 valence electrons. The summed E-state index contributed by atoms with van der Waals surface area (Å²) in [5.74, 6) is 3.00. The number of aliphatic imine (C=N–C) groups is 1. The quantitative estimate of drug-likeness (QED) is 0.620. The van der Waals surface area contributed by atoms with Crippen molar-refractivity contribution in [3.05, 3.63) is 35.7 Å². The van der Waals surface area contributed by atoms with Gasteiger partial charge in [0.25, 0.3) is 0 Å². The predicted octanol–water partition coefficient (Wildman–Crippen LogP) is 2.29. The fourth-order valence-electron chi connectivity index (χ4n) is 4.19. The highest BCUT2D eigenvalue weighted by molar-refractivity contribution is 5.73. The lowest BCUT2D eigenvalue weighted by atomic mass is 9.78. The molecule has 1 heterocycles. The summed E-state index contributed by atoms with van der Waals surface area (Å²) in [7, 11) is 7.39. The molecule has 3 rings (SSSR count). The van der Waals surface area contributed by atoms with Crippen LogP contribution in [0.3, 0.4) is 0 Å². The van der Waals surface area contributed by atoms with Gasteiger partial charge in [0.05, 0.1) is 14.2 Å².